The van der Waals surface area contributed by atoms with Crippen molar-refractivity contribution in [1.29, 1.82) is 0 Å². The number of hydrogen-bond donors (Lipinski definition) is 0. The van der Waals surface area contributed by atoms with Crippen molar-refractivity contribution >= 4 is 0 Å². The van der Waals surface area contributed by atoms with Crippen LogP contribution in [0.2, 0.25) is 0 Å². The molecule has 0 bridgehead atoms. The van der Waals surface area contributed by atoms with Gasteiger partial charge in [0.1, 0.15) is 17.7 Å². The van der Waals surface area contributed by atoms with E-state index in [0.717, 1.165) is 29.8 Å². The van der Waals surface area contributed by atoms with Gasteiger partial charge in [0.2, 0.25) is 0 Å². The van der Waals surface area contributed by atoms with Gasteiger partial charge in [0, 0.05) is 30.5 Å². The molecule has 2 aromatic carbocycles. The van der Waals surface area contributed by atoms with Gasteiger partial charge in [0.25, 0.3) is 0 Å². The van der Waals surface area contributed by atoms with Crippen molar-refractivity contribution in [3.05, 3.63) is 97.4 Å². The van der Waals surface area contributed by atoms with Gasteiger partial charge in [0.15, 0.2) is 0 Å². The Morgan fingerprint density at radius 1 is 0.893 bits per heavy atom. The molecule has 0 N–H and O–H groups in total. The second-order valence-corrected chi connectivity index (χ2v) is 6.63. The summed E-state index contributed by atoms with van der Waals surface area (Å²) in [5.41, 5.74) is 2.12. The Balaban J connectivity index is 1.44. The fourth-order valence-electron chi connectivity index (χ4n) is 3.10. The van der Waals surface area contributed by atoms with Crippen molar-refractivity contribution in [2.75, 3.05) is 0 Å². The summed E-state index contributed by atoms with van der Waals surface area (Å²) in [5, 5.41) is 0. The van der Waals surface area contributed by atoms with Gasteiger partial charge < -0.3 is 13.9 Å². The maximum absolute atomic E-state index is 13.1. The molecular formula is C22H21FN4O. The first kappa shape index (κ1) is 18.0. The Hall–Kier alpha value is -3.41. The lowest BCUT2D eigenvalue weighted by Gasteiger charge is -2.20. The van der Waals surface area contributed by atoms with Crippen LogP contribution >= 0.6 is 0 Å². The number of ether oxygens (including phenoxy) is 1. The number of nitrogens with zero attached hydrogens (tertiary/aromatic N) is 4. The molecule has 0 aliphatic carbocycles. The van der Waals surface area contributed by atoms with E-state index in [9.17, 15) is 4.39 Å². The SMILES string of the molecule is Fc1ccc(CCC(Cn2ccnc2)Oc2ccc(-n3ccnc3)cc2)cc1. The third-order valence-corrected chi connectivity index (χ3v) is 4.58. The van der Waals surface area contributed by atoms with Gasteiger partial charge >= 0.3 is 0 Å². The zero-order chi connectivity index (χ0) is 19.2. The number of hydrogen-bond acceptors (Lipinski definition) is 3. The van der Waals surface area contributed by atoms with Gasteiger partial charge in [-0.25, -0.2) is 14.4 Å². The molecule has 0 fully saturated rings. The average molecular weight is 376 g/mol. The highest BCUT2D eigenvalue weighted by atomic mass is 19.1. The highest BCUT2D eigenvalue weighted by Gasteiger charge is 2.12. The Morgan fingerprint density at radius 3 is 2.32 bits per heavy atom. The van der Waals surface area contributed by atoms with E-state index in [-0.39, 0.29) is 11.9 Å². The first-order valence-corrected chi connectivity index (χ1v) is 9.21. The second-order valence-electron chi connectivity index (χ2n) is 6.63. The van der Waals surface area contributed by atoms with E-state index in [1.165, 1.54) is 12.1 Å². The first-order valence-electron chi connectivity index (χ1n) is 9.21. The van der Waals surface area contributed by atoms with Crippen LogP contribution in [0, 0.1) is 5.82 Å². The molecule has 0 aliphatic rings. The normalized spacial score (nSPS) is 12.0. The minimum absolute atomic E-state index is 0.0293. The molecular weight excluding hydrogens is 355 g/mol. The number of aryl methyl sites for hydroxylation is 1. The summed E-state index contributed by atoms with van der Waals surface area (Å²) in [4.78, 5) is 8.18. The summed E-state index contributed by atoms with van der Waals surface area (Å²) in [6.07, 6.45) is 12.5. The summed E-state index contributed by atoms with van der Waals surface area (Å²) in [6, 6.07) is 14.6. The fourth-order valence-corrected chi connectivity index (χ4v) is 3.10. The van der Waals surface area contributed by atoms with E-state index in [1.54, 1.807) is 25.0 Å². The number of halogens is 1. The molecule has 142 valence electrons. The van der Waals surface area contributed by atoms with Gasteiger partial charge in [-0.1, -0.05) is 12.1 Å². The van der Waals surface area contributed by atoms with E-state index in [1.807, 2.05) is 57.9 Å². The average Bonchev–Trinajstić information content (AvgIpc) is 3.42. The summed E-state index contributed by atoms with van der Waals surface area (Å²) in [5.74, 6) is 0.598. The smallest absolute Gasteiger partial charge is 0.123 e. The van der Waals surface area contributed by atoms with Gasteiger partial charge in [-0.2, -0.15) is 0 Å². The summed E-state index contributed by atoms with van der Waals surface area (Å²) in [6.45, 7) is 0.699. The van der Waals surface area contributed by atoms with Crippen LogP contribution in [0.5, 0.6) is 5.75 Å². The van der Waals surface area contributed by atoms with Crippen LogP contribution in [-0.2, 0) is 13.0 Å². The third kappa shape index (κ3) is 4.65. The molecule has 1 atom stereocenters. The lowest BCUT2D eigenvalue weighted by Crippen LogP contribution is -2.23. The van der Waals surface area contributed by atoms with Crippen molar-refractivity contribution < 1.29 is 9.13 Å². The predicted octanol–water partition coefficient (Wildman–Crippen LogP) is 4.29. The standard InChI is InChI=1S/C22H21FN4O/c23-19-4-1-18(2-5-19)3-8-22(15-26-13-11-24-16-26)28-21-9-6-20(7-10-21)27-14-12-25-17-27/h1-2,4-7,9-14,16-17,22H,3,8,15H2. The zero-order valence-electron chi connectivity index (χ0n) is 15.4. The highest BCUT2D eigenvalue weighted by molar-refractivity contribution is 5.37. The monoisotopic (exact) mass is 376 g/mol. The van der Waals surface area contributed by atoms with Crippen molar-refractivity contribution in [3.8, 4) is 11.4 Å². The molecule has 2 aromatic heterocycles. The Labute approximate surface area is 163 Å². The van der Waals surface area contributed by atoms with E-state index >= 15 is 0 Å². The van der Waals surface area contributed by atoms with E-state index in [4.69, 9.17) is 4.74 Å². The Kier molecular flexibility index (Phi) is 5.47. The molecule has 0 radical (unpaired) electrons. The molecule has 4 aromatic rings. The molecule has 0 amide bonds. The molecule has 6 heteroatoms. The molecule has 28 heavy (non-hydrogen) atoms. The quantitative estimate of drug-likeness (QED) is 0.461. The van der Waals surface area contributed by atoms with Gasteiger partial charge in [-0.15, -0.1) is 0 Å². The third-order valence-electron chi connectivity index (χ3n) is 4.58. The van der Waals surface area contributed by atoms with Crippen LogP contribution in [0.1, 0.15) is 12.0 Å². The number of benzene rings is 2. The lowest BCUT2D eigenvalue weighted by molar-refractivity contribution is 0.170. The molecule has 0 aliphatic heterocycles. The maximum atomic E-state index is 13.1. The zero-order valence-corrected chi connectivity index (χ0v) is 15.4. The highest BCUT2D eigenvalue weighted by Crippen LogP contribution is 2.19. The van der Waals surface area contributed by atoms with Crippen LogP contribution in [0.15, 0.2) is 86.0 Å². The summed E-state index contributed by atoms with van der Waals surface area (Å²) in [7, 11) is 0. The minimum Gasteiger partial charge on any atom is -0.489 e. The number of aromatic nitrogens is 4. The van der Waals surface area contributed by atoms with E-state index in [2.05, 4.69) is 9.97 Å². The molecule has 2 heterocycles. The Bertz CT molecular complexity index is 965. The van der Waals surface area contributed by atoms with Crippen molar-refractivity contribution in [3.63, 3.8) is 0 Å². The predicted molar refractivity (Wildman–Crippen MR) is 105 cm³/mol. The van der Waals surface area contributed by atoms with E-state index < -0.39 is 0 Å². The molecule has 4 rings (SSSR count). The van der Waals surface area contributed by atoms with E-state index in [0.29, 0.717) is 6.54 Å². The van der Waals surface area contributed by atoms with Gasteiger partial charge in [-0.05, 0) is 54.8 Å². The minimum atomic E-state index is -0.215. The number of rotatable bonds is 8. The van der Waals surface area contributed by atoms with Crippen LogP contribution < -0.4 is 4.74 Å². The van der Waals surface area contributed by atoms with Crippen LogP contribution in [-0.4, -0.2) is 25.2 Å². The largest absolute Gasteiger partial charge is 0.489 e. The molecule has 0 saturated carbocycles. The molecule has 1 unspecified atom stereocenters. The lowest BCUT2D eigenvalue weighted by atomic mass is 10.1. The van der Waals surface area contributed by atoms with Crippen LogP contribution in [0.3, 0.4) is 0 Å². The number of imidazole rings is 2. The first-order chi connectivity index (χ1) is 13.8. The second kappa shape index (κ2) is 8.52. The Morgan fingerprint density at radius 2 is 1.64 bits per heavy atom. The molecule has 0 spiro atoms. The summed E-state index contributed by atoms with van der Waals surface area (Å²) < 4.78 is 23.3. The maximum Gasteiger partial charge on any atom is 0.123 e. The van der Waals surface area contributed by atoms with Gasteiger partial charge in [0.05, 0.1) is 19.2 Å². The van der Waals surface area contributed by atoms with Crippen LogP contribution in [0.4, 0.5) is 4.39 Å². The summed E-state index contributed by atoms with van der Waals surface area (Å²) >= 11 is 0. The van der Waals surface area contributed by atoms with Crippen LogP contribution in [0.25, 0.3) is 5.69 Å². The molecule has 0 saturated heterocycles. The fraction of sp³-hybridized carbons (Fsp3) is 0.182. The topological polar surface area (TPSA) is 44.9 Å². The van der Waals surface area contributed by atoms with Gasteiger partial charge in [-0.3, -0.25) is 0 Å². The van der Waals surface area contributed by atoms with Crippen molar-refractivity contribution in [2.45, 2.75) is 25.5 Å². The molecule has 5 nitrogen and oxygen atoms in total. The van der Waals surface area contributed by atoms with Crippen molar-refractivity contribution in [2.24, 2.45) is 0 Å². The van der Waals surface area contributed by atoms with Crippen molar-refractivity contribution in [1.82, 2.24) is 19.1 Å².